The Bertz CT molecular complexity index is 632. The molecule has 1 aromatic carbocycles. The number of hydrogen-bond donors (Lipinski definition) is 2. The third-order valence-electron chi connectivity index (χ3n) is 3.23. The molecule has 0 aliphatic rings. The molecule has 2 rings (SSSR count). The van der Waals surface area contributed by atoms with Gasteiger partial charge in [0.05, 0.1) is 5.60 Å². The van der Waals surface area contributed by atoms with Crippen LogP contribution >= 0.6 is 0 Å². The van der Waals surface area contributed by atoms with Crippen LogP contribution in [0.2, 0.25) is 0 Å². The number of aromatic amines is 1. The van der Waals surface area contributed by atoms with E-state index in [1.54, 1.807) is 0 Å². The van der Waals surface area contributed by atoms with Gasteiger partial charge in [0.2, 0.25) is 0 Å². The van der Waals surface area contributed by atoms with Crippen LogP contribution < -0.4 is 10.9 Å². The van der Waals surface area contributed by atoms with Crippen molar-refractivity contribution in [3.05, 3.63) is 46.2 Å². The summed E-state index contributed by atoms with van der Waals surface area (Å²) in [7, 11) is 0. The van der Waals surface area contributed by atoms with Crippen molar-refractivity contribution in [2.75, 3.05) is 13.2 Å². The van der Waals surface area contributed by atoms with E-state index in [9.17, 15) is 4.79 Å². The fourth-order valence-corrected chi connectivity index (χ4v) is 2.26. The zero-order chi connectivity index (χ0) is 14.6. The van der Waals surface area contributed by atoms with E-state index in [0.717, 1.165) is 16.5 Å². The molecular formula is C16H22N2O2. The van der Waals surface area contributed by atoms with Gasteiger partial charge in [0.1, 0.15) is 0 Å². The number of pyridine rings is 1. The number of para-hydroxylation sites is 1. The minimum Gasteiger partial charge on any atom is -0.375 e. The highest BCUT2D eigenvalue weighted by molar-refractivity contribution is 5.78. The van der Waals surface area contributed by atoms with Gasteiger partial charge in [-0.15, -0.1) is 0 Å². The van der Waals surface area contributed by atoms with Crippen LogP contribution in [0.3, 0.4) is 0 Å². The average molecular weight is 274 g/mol. The zero-order valence-electron chi connectivity index (χ0n) is 12.3. The summed E-state index contributed by atoms with van der Waals surface area (Å²) in [5.74, 6) is 0. The van der Waals surface area contributed by atoms with E-state index in [0.29, 0.717) is 19.7 Å². The van der Waals surface area contributed by atoms with Crippen molar-refractivity contribution in [3.8, 4) is 0 Å². The molecule has 0 fully saturated rings. The van der Waals surface area contributed by atoms with E-state index < -0.39 is 0 Å². The summed E-state index contributed by atoms with van der Waals surface area (Å²) in [6.07, 6.45) is 0. The van der Waals surface area contributed by atoms with E-state index in [1.165, 1.54) is 0 Å². The minimum atomic E-state index is -0.224. The molecule has 0 aliphatic carbocycles. The Hall–Kier alpha value is -1.65. The Labute approximate surface area is 119 Å². The maximum Gasteiger partial charge on any atom is 0.252 e. The zero-order valence-corrected chi connectivity index (χ0v) is 12.3. The SMILES string of the molecule is CCOC(C)(C)CNCc1cc2ccccc2[nH]c1=O. The van der Waals surface area contributed by atoms with Crippen LogP contribution in [-0.4, -0.2) is 23.7 Å². The number of nitrogens with one attached hydrogen (secondary N) is 2. The molecule has 0 aliphatic heterocycles. The number of rotatable bonds is 6. The molecule has 0 atom stereocenters. The van der Waals surface area contributed by atoms with Crippen molar-refractivity contribution in [2.45, 2.75) is 32.9 Å². The van der Waals surface area contributed by atoms with Gasteiger partial charge in [-0.3, -0.25) is 4.79 Å². The monoisotopic (exact) mass is 274 g/mol. The van der Waals surface area contributed by atoms with Crippen molar-refractivity contribution < 1.29 is 4.74 Å². The number of fused-ring (bicyclic) bond motifs is 1. The lowest BCUT2D eigenvalue weighted by molar-refractivity contribution is -0.00898. The molecule has 0 saturated heterocycles. The third kappa shape index (κ3) is 3.68. The lowest BCUT2D eigenvalue weighted by Gasteiger charge is -2.24. The molecule has 0 unspecified atom stereocenters. The summed E-state index contributed by atoms with van der Waals surface area (Å²) < 4.78 is 5.62. The molecule has 0 spiro atoms. The van der Waals surface area contributed by atoms with Gasteiger partial charge in [0, 0.05) is 30.8 Å². The maximum absolute atomic E-state index is 12.0. The Balaban J connectivity index is 2.07. The van der Waals surface area contributed by atoms with Crippen LogP contribution in [0.1, 0.15) is 26.3 Å². The molecule has 2 aromatic rings. The fraction of sp³-hybridized carbons (Fsp3) is 0.438. The predicted octanol–water partition coefficient (Wildman–Crippen LogP) is 2.43. The standard InChI is InChI=1S/C16H22N2O2/c1-4-20-16(2,3)11-17-10-13-9-12-7-5-6-8-14(12)18-15(13)19/h5-9,17H,4,10-11H2,1-3H3,(H,18,19). The van der Waals surface area contributed by atoms with E-state index >= 15 is 0 Å². The molecule has 2 N–H and O–H groups in total. The van der Waals surface area contributed by atoms with Crippen LogP contribution in [-0.2, 0) is 11.3 Å². The van der Waals surface area contributed by atoms with Gasteiger partial charge in [0.15, 0.2) is 0 Å². The van der Waals surface area contributed by atoms with Crippen molar-refractivity contribution in [1.82, 2.24) is 10.3 Å². The molecule has 1 heterocycles. The molecule has 1 aromatic heterocycles. The molecule has 4 heteroatoms. The lowest BCUT2D eigenvalue weighted by Crippen LogP contribution is -2.38. The number of benzene rings is 1. The van der Waals surface area contributed by atoms with Crippen LogP contribution in [0.15, 0.2) is 35.1 Å². The molecule has 0 radical (unpaired) electrons. The maximum atomic E-state index is 12.0. The number of hydrogen-bond acceptors (Lipinski definition) is 3. The first-order chi connectivity index (χ1) is 9.52. The lowest BCUT2D eigenvalue weighted by atomic mass is 10.1. The van der Waals surface area contributed by atoms with E-state index in [2.05, 4.69) is 10.3 Å². The second-order valence-corrected chi connectivity index (χ2v) is 5.51. The third-order valence-corrected chi connectivity index (χ3v) is 3.23. The molecule has 0 bridgehead atoms. The second kappa shape index (κ2) is 6.20. The topological polar surface area (TPSA) is 54.1 Å². The number of H-pyrrole nitrogens is 1. The van der Waals surface area contributed by atoms with Gasteiger partial charge in [0.25, 0.3) is 5.56 Å². The number of ether oxygens (including phenoxy) is 1. The first-order valence-electron chi connectivity index (χ1n) is 6.97. The fourth-order valence-electron chi connectivity index (χ4n) is 2.26. The molecule has 4 nitrogen and oxygen atoms in total. The first-order valence-corrected chi connectivity index (χ1v) is 6.97. The van der Waals surface area contributed by atoms with Gasteiger partial charge >= 0.3 is 0 Å². The minimum absolute atomic E-state index is 0.0367. The predicted molar refractivity (Wildman–Crippen MR) is 82.0 cm³/mol. The Kier molecular flexibility index (Phi) is 4.57. The summed E-state index contributed by atoms with van der Waals surface area (Å²) >= 11 is 0. The van der Waals surface area contributed by atoms with E-state index in [4.69, 9.17) is 4.74 Å². The number of aromatic nitrogens is 1. The van der Waals surface area contributed by atoms with Crippen molar-refractivity contribution in [1.29, 1.82) is 0 Å². The van der Waals surface area contributed by atoms with E-state index in [-0.39, 0.29) is 11.2 Å². The Morgan fingerprint density at radius 1 is 1.30 bits per heavy atom. The van der Waals surface area contributed by atoms with Crippen LogP contribution in [0.25, 0.3) is 10.9 Å². The molecule has 20 heavy (non-hydrogen) atoms. The summed E-state index contributed by atoms with van der Waals surface area (Å²) in [5, 5.41) is 4.34. The van der Waals surface area contributed by atoms with Gasteiger partial charge in [-0.1, -0.05) is 18.2 Å². The normalized spacial score (nSPS) is 11.9. The van der Waals surface area contributed by atoms with E-state index in [1.807, 2.05) is 51.1 Å². The van der Waals surface area contributed by atoms with Crippen LogP contribution in [0.5, 0.6) is 0 Å². The summed E-state index contributed by atoms with van der Waals surface area (Å²) in [4.78, 5) is 14.9. The molecule has 108 valence electrons. The summed E-state index contributed by atoms with van der Waals surface area (Å²) in [6.45, 7) is 7.98. The average Bonchev–Trinajstić information content (AvgIpc) is 2.39. The second-order valence-electron chi connectivity index (χ2n) is 5.51. The molecule has 0 amide bonds. The van der Waals surface area contributed by atoms with Gasteiger partial charge in [-0.05, 0) is 38.3 Å². The van der Waals surface area contributed by atoms with Crippen LogP contribution in [0.4, 0.5) is 0 Å². The van der Waals surface area contributed by atoms with Crippen molar-refractivity contribution in [2.24, 2.45) is 0 Å². The highest BCUT2D eigenvalue weighted by atomic mass is 16.5. The summed E-state index contributed by atoms with van der Waals surface area (Å²) in [6, 6.07) is 9.73. The Morgan fingerprint density at radius 2 is 2.05 bits per heavy atom. The van der Waals surface area contributed by atoms with Crippen molar-refractivity contribution >= 4 is 10.9 Å². The largest absolute Gasteiger partial charge is 0.375 e. The summed E-state index contributed by atoms with van der Waals surface area (Å²) in [5.41, 5.74) is 1.36. The first kappa shape index (κ1) is 14.8. The van der Waals surface area contributed by atoms with Crippen molar-refractivity contribution in [3.63, 3.8) is 0 Å². The van der Waals surface area contributed by atoms with Gasteiger partial charge < -0.3 is 15.0 Å². The van der Waals surface area contributed by atoms with Gasteiger partial charge in [-0.25, -0.2) is 0 Å². The van der Waals surface area contributed by atoms with Crippen LogP contribution in [0, 0.1) is 0 Å². The quantitative estimate of drug-likeness (QED) is 0.850. The highest BCUT2D eigenvalue weighted by Crippen LogP contribution is 2.11. The smallest absolute Gasteiger partial charge is 0.252 e. The molecule has 0 saturated carbocycles. The van der Waals surface area contributed by atoms with Gasteiger partial charge in [-0.2, -0.15) is 0 Å². The Morgan fingerprint density at radius 3 is 2.80 bits per heavy atom. The molecular weight excluding hydrogens is 252 g/mol. The highest BCUT2D eigenvalue weighted by Gasteiger charge is 2.16.